The molecule has 0 rings (SSSR count). The van der Waals surface area contributed by atoms with Gasteiger partial charge in [-0.1, -0.05) is 96.8 Å². The molecule has 0 amide bonds. The minimum absolute atomic E-state index is 0.138. The molecular weight excluding hydrogens is 408 g/mol. The Kier molecular flexibility index (Phi) is 25.2. The number of unbranched alkanes of at least 4 members (excludes halogenated alkanes) is 14. The molecule has 6 nitrogen and oxygen atoms in total. The molecule has 0 aromatic carbocycles. The molecule has 0 N–H and O–H groups in total. The van der Waals surface area contributed by atoms with E-state index in [0.29, 0.717) is 32.8 Å². The van der Waals surface area contributed by atoms with Gasteiger partial charge in [0.15, 0.2) is 0 Å². The summed E-state index contributed by atoms with van der Waals surface area (Å²) in [5.41, 5.74) is 0. The van der Waals surface area contributed by atoms with E-state index in [4.69, 9.17) is 18.9 Å². The lowest BCUT2D eigenvalue weighted by atomic mass is 10.0. The SMILES string of the molecule is CCCCCCCCCCCCCCCCCC(=O)OCCOCCOCCOC(C)=O. The van der Waals surface area contributed by atoms with Gasteiger partial charge in [0.25, 0.3) is 0 Å². The van der Waals surface area contributed by atoms with Crippen molar-refractivity contribution in [1.29, 1.82) is 0 Å². The predicted molar refractivity (Wildman–Crippen MR) is 129 cm³/mol. The van der Waals surface area contributed by atoms with Gasteiger partial charge in [0.2, 0.25) is 0 Å². The second kappa shape index (κ2) is 26.1. The maximum atomic E-state index is 11.7. The number of carbonyl (C=O) groups excluding carboxylic acids is 2. The summed E-state index contributed by atoms with van der Waals surface area (Å²) in [6.45, 7) is 5.76. The molecule has 0 fully saturated rings. The minimum Gasteiger partial charge on any atom is -0.463 e. The van der Waals surface area contributed by atoms with Gasteiger partial charge < -0.3 is 18.9 Å². The summed E-state index contributed by atoms with van der Waals surface area (Å²) in [6.07, 6.45) is 20.3. The van der Waals surface area contributed by atoms with Crippen LogP contribution >= 0.6 is 0 Å². The maximum Gasteiger partial charge on any atom is 0.305 e. The average molecular weight is 459 g/mol. The van der Waals surface area contributed by atoms with Gasteiger partial charge in [-0.3, -0.25) is 9.59 Å². The minimum atomic E-state index is -0.309. The van der Waals surface area contributed by atoms with Crippen LogP contribution in [0.2, 0.25) is 0 Å². The first-order valence-corrected chi connectivity index (χ1v) is 13.1. The van der Waals surface area contributed by atoms with Crippen molar-refractivity contribution < 1.29 is 28.5 Å². The fraction of sp³-hybridized carbons (Fsp3) is 0.923. The molecule has 0 heterocycles. The normalized spacial score (nSPS) is 10.9. The van der Waals surface area contributed by atoms with Gasteiger partial charge in [0, 0.05) is 13.3 Å². The summed E-state index contributed by atoms with van der Waals surface area (Å²) >= 11 is 0. The molecule has 6 heteroatoms. The van der Waals surface area contributed by atoms with E-state index in [0.717, 1.165) is 12.8 Å². The molecule has 0 spiro atoms. The van der Waals surface area contributed by atoms with Gasteiger partial charge in [0.1, 0.15) is 13.2 Å². The Hall–Kier alpha value is -1.14. The van der Waals surface area contributed by atoms with Crippen LogP contribution in [0, 0.1) is 0 Å². The summed E-state index contributed by atoms with van der Waals surface area (Å²) < 4.78 is 20.5. The zero-order valence-electron chi connectivity index (χ0n) is 21.0. The lowest BCUT2D eigenvalue weighted by Crippen LogP contribution is -2.14. The Morgan fingerprint density at radius 2 is 0.875 bits per heavy atom. The van der Waals surface area contributed by atoms with E-state index in [1.54, 1.807) is 0 Å². The predicted octanol–water partition coefficient (Wildman–Crippen LogP) is 6.39. The molecule has 0 atom stereocenters. The van der Waals surface area contributed by atoms with Crippen LogP contribution in [0.4, 0.5) is 0 Å². The third-order valence-electron chi connectivity index (χ3n) is 5.38. The molecule has 0 aliphatic rings. The van der Waals surface area contributed by atoms with Gasteiger partial charge >= 0.3 is 11.9 Å². The lowest BCUT2D eigenvalue weighted by molar-refractivity contribution is -0.146. The van der Waals surface area contributed by atoms with E-state index in [2.05, 4.69) is 6.92 Å². The van der Waals surface area contributed by atoms with E-state index >= 15 is 0 Å². The quantitative estimate of drug-likeness (QED) is 0.117. The maximum absolute atomic E-state index is 11.7. The van der Waals surface area contributed by atoms with Gasteiger partial charge in [0.05, 0.1) is 26.4 Å². The molecule has 0 aliphatic carbocycles. The summed E-state index contributed by atoms with van der Waals surface area (Å²) in [5, 5.41) is 0. The smallest absolute Gasteiger partial charge is 0.305 e. The standard InChI is InChI=1S/C26H50O6/c1-3-4-5-6-7-8-9-10-11-12-13-14-15-16-17-18-26(28)32-24-22-30-20-19-29-21-23-31-25(2)27/h3-24H2,1-2H3. The highest BCUT2D eigenvalue weighted by Crippen LogP contribution is 2.13. The van der Waals surface area contributed by atoms with E-state index in [9.17, 15) is 9.59 Å². The van der Waals surface area contributed by atoms with Crippen molar-refractivity contribution in [1.82, 2.24) is 0 Å². The van der Waals surface area contributed by atoms with Crippen LogP contribution in [0.3, 0.4) is 0 Å². The first kappa shape index (κ1) is 30.9. The average Bonchev–Trinajstić information content (AvgIpc) is 2.77. The van der Waals surface area contributed by atoms with E-state index in [1.807, 2.05) is 0 Å². The van der Waals surface area contributed by atoms with Crippen molar-refractivity contribution in [2.45, 2.75) is 117 Å². The third kappa shape index (κ3) is 26.9. The van der Waals surface area contributed by atoms with Gasteiger partial charge in [-0.05, 0) is 6.42 Å². The highest BCUT2D eigenvalue weighted by molar-refractivity contribution is 5.69. The molecule has 0 saturated carbocycles. The van der Waals surface area contributed by atoms with Crippen molar-refractivity contribution in [3.8, 4) is 0 Å². The van der Waals surface area contributed by atoms with Crippen LogP contribution in [0.15, 0.2) is 0 Å². The Balaban J connectivity index is 3.15. The van der Waals surface area contributed by atoms with Crippen LogP contribution < -0.4 is 0 Å². The Morgan fingerprint density at radius 1 is 0.500 bits per heavy atom. The highest BCUT2D eigenvalue weighted by atomic mass is 16.6. The summed E-state index contributed by atoms with van der Waals surface area (Å²) in [6, 6.07) is 0. The second-order valence-corrected chi connectivity index (χ2v) is 8.49. The molecule has 0 radical (unpaired) electrons. The van der Waals surface area contributed by atoms with Crippen LogP contribution in [-0.2, 0) is 28.5 Å². The van der Waals surface area contributed by atoms with Gasteiger partial charge in [-0.15, -0.1) is 0 Å². The number of hydrogen-bond donors (Lipinski definition) is 0. The molecule has 0 bridgehead atoms. The monoisotopic (exact) mass is 458 g/mol. The third-order valence-corrected chi connectivity index (χ3v) is 5.38. The summed E-state index contributed by atoms with van der Waals surface area (Å²) in [5.74, 6) is -0.447. The zero-order valence-corrected chi connectivity index (χ0v) is 21.0. The first-order valence-electron chi connectivity index (χ1n) is 13.1. The lowest BCUT2D eigenvalue weighted by Gasteiger charge is -2.07. The molecule has 32 heavy (non-hydrogen) atoms. The first-order chi connectivity index (χ1) is 15.7. The number of carbonyl (C=O) groups is 2. The molecule has 0 aromatic rings. The van der Waals surface area contributed by atoms with Gasteiger partial charge in [-0.25, -0.2) is 0 Å². The fourth-order valence-electron chi connectivity index (χ4n) is 3.49. The van der Waals surface area contributed by atoms with Crippen LogP contribution in [0.25, 0.3) is 0 Å². The number of hydrogen-bond acceptors (Lipinski definition) is 6. The Morgan fingerprint density at radius 3 is 1.31 bits per heavy atom. The van der Waals surface area contributed by atoms with Gasteiger partial charge in [-0.2, -0.15) is 0 Å². The van der Waals surface area contributed by atoms with E-state index < -0.39 is 0 Å². The molecule has 190 valence electrons. The Bertz CT molecular complexity index is 413. The van der Waals surface area contributed by atoms with E-state index in [-0.39, 0.29) is 25.2 Å². The van der Waals surface area contributed by atoms with E-state index in [1.165, 1.54) is 90.4 Å². The molecule has 0 saturated heterocycles. The largest absolute Gasteiger partial charge is 0.463 e. The van der Waals surface area contributed by atoms with Crippen molar-refractivity contribution in [2.75, 3.05) is 39.6 Å². The summed E-state index contributed by atoms with van der Waals surface area (Å²) in [7, 11) is 0. The molecular formula is C26H50O6. The van der Waals surface area contributed by atoms with Crippen molar-refractivity contribution in [2.24, 2.45) is 0 Å². The zero-order chi connectivity index (χ0) is 23.5. The fourth-order valence-corrected chi connectivity index (χ4v) is 3.49. The molecule has 0 aromatic heterocycles. The molecule has 0 unspecified atom stereocenters. The van der Waals surface area contributed by atoms with Crippen molar-refractivity contribution in [3.05, 3.63) is 0 Å². The highest BCUT2D eigenvalue weighted by Gasteiger charge is 2.02. The van der Waals surface area contributed by atoms with Crippen LogP contribution in [0.5, 0.6) is 0 Å². The Labute approximate surface area is 197 Å². The topological polar surface area (TPSA) is 71.1 Å². The number of ether oxygens (including phenoxy) is 4. The summed E-state index contributed by atoms with van der Waals surface area (Å²) in [4.78, 5) is 22.3. The number of esters is 2. The second-order valence-electron chi connectivity index (χ2n) is 8.49. The van der Waals surface area contributed by atoms with Crippen LogP contribution in [0.1, 0.15) is 117 Å². The van der Waals surface area contributed by atoms with Crippen LogP contribution in [-0.4, -0.2) is 51.6 Å². The van der Waals surface area contributed by atoms with Crippen molar-refractivity contribution >= 4 is 11.9 Å². The molecule has 0 aliphatic heterocycles. The number of rotatable bonds is 25. The van der Waals surface area contributed by atoms with Crippen molar-refractivity contribution in [3.63, 3.8) is 0 Å².